The monoisotopic (exact) mass is 229 g/mol. The van der Waals surface area contributed by atoms with E-state index in [4.69, 9.17) is 17.0 Å². The Balaban J connectivity index is 5.07. The van der Waals surface area contributed by atoms with Crippen molar-refractivity contribution < 1.29 is 18.0 Å². The lowest BCUT2D eigenvalue weighted by atomic mass is 9.94. The second-order valence-corrected chi connectivity index (χ2v) is 3.45. The van der Waals surface area contributed by atoms with E-state index in [0.717, 1.165) is 0 Å². The van der Waals surface area contributed by atoms with E-state index in [1.165, 1.54) is 13.8 Å². The molecule has 2 nitrogen and oxygen atoms in total. The Morgan fingerprint density at radius 1 is 1.36 bits per heavy atom. The summed E-state index contributed by atoms with van der Waals surface area (Å²) in [5, 5.41) is 7.10. The van der Waals surface area contributed by atoms with E-state index >= 15 is 0 Å². The molecular weight excluding hydrogens is 219 g/mol. The fourth-order valence-electron chi connectivity index (χ4n) is 0.917. The van der Waals surface area contributed by atoms with Crippen molar-refractivity contribution in [1.29, 1.82) is 5.41 Å². The highest BCUT2D eigenvalue weighted by molar-refractivity contribution is 6.53. The fraction of sp³-hybridized carbons (Fsp3) is 0.750. The molecular formula is C8H11ClF3NO. The van der Waals surface area contributed by atoms with Crippen LogP contribution < -0.4 is 0 Å². The quantitative estimate of drug-likeness (QED) is 0.584. The Morgan fingerprint density at radius 2 is 1.79 bits per heavy atom. The van der Waals surface area contributed by atoms with Crippen LogP contribution in [0.5, 0.6) is 0 Å². The molecule has 0 amide bonds. The number of hydrogen-bond acceptors (Lipinski definition) is 2. The minimum atomic E-state index is -4.77. The number of Topliss-reactive ketones (excluding diaryl/α,β-unsaturated/α-hetero) is 1. The van der Waals surface area contributed by atoms with Crippen molar-refractivity contribution in [2.45, 2.75) is 37.7 Å². The second kappa shape index (κ2) is 4.29. The molecule has 0 aliphatic heterocycles. The van der Waals surface area contributed by atoms with E-state index in [0.29, 0.717) is 0 Å². The number of ketones is 1. The summed E-state index contributed by atoms with van der Waals surface area (Å²) in [4.78, 5) is 8.12. The van der Waals surface area contributed by atoms with E-state index in [-0.39, 0.29) is 6.42 Å². The summed E-state index contributed by atoms with van der Waals surface area (Å²) < 4.78 is 37.3. The van der Waals surface area contributed by atoms with Crippen molar-refractivity contribution in [3.05, 3.63) is 0 Å². The third-order valence-corrected chi connectivity index (χ3v) is 2.60. The molecule has 0 heterocycles. The first-order chi connectivity index (χ1) is 6.20. The van der Waals surface area contributed by atoms with Crippen LogP contribution in [-0.2, 0) is 4.79 Å². The summed E-state index contributed by atoms with van der Waals surface area (Å²) in [6.07, 6.45) is -5.45. The first-order valence-electron chi connectivity index (χ1n) is 4.08. The minimum Gasteiger partial charge on any atom is -0.299 e. The molecule has 1 atom stereocenters. The van der Waals surface area contributed by atoms with Crippen molar-refractivity contribution in [1.82, 2.24) is 0 Å². The zero-order valence-corrected chi connectivity index (χ0v) is 8.59. The van der Waals surface area contributed by atoms with Crippen LogP contribution in [0.15, 0.2) is 0 Å². The minimum absolute atomic E-state index is 0.149. The van der Waals surface area contributed by atoms with Gasteiger partial charge in [-0.3, -0.25) is 10.2 Å². The smallest absolute Gasteiger partial charge is 0.299 e. The number of rotatable bonds is 4. The van der Waals surface area contributed by atoms with E-state index in [1.807, 2.05) is 0 Å². The van der Waals surface area contributed by atoms with Gasteiger partial charge in [0.2, 0.25) is 0 Å². The maximum absolute atomic E-state index is 12.4. The molecule has 0 saturated heterocycles. The Labute approximate surface area is 84.9 Å². The topological polar surface area (TPSA) is 40.9 Å². The molecule has 0 aromatic heterocycles. The average Bonchev–Trinajstić information content (AvgIpc) is 2.12. The molecule has 0 aliphatic rings. The highest BCUT2D eigenvalue weighted by Crippen LogP contribution is 2.40. The number of alkyl halides is 4. The van der Waals surface area contributed by atoms with Crippen LogP contribution in [0.2, 0.25) is 0 Å². The third-order valence-electron chi connectivity index (χ3n) is 1.93. The molecule has 0 saturated carbocycles. The van der Waals surface area contributed by atoms with E-state index in [2.05, 4.69) is 0 Å². The SMILES string of the molecule is CCC(=O)C(=N)C(Cl)(CC)C(F)(F)F. The normalized spacial score (nSPS) is 16.1. The van der Waals surface area contributed by atoms with Crippen molar-refractivity contribution in [3.63, 3.8) is 0 Å². The lowest BCUT2D eigenvalue weighted by molar-refractivity contribution is -0.147. The number of carbonyl (C=O) groups is 1. The van der Waals surface area contributed by atoms with Crippen molar-refractivity contribution in [2.75, 3.05) is 0 Å². The predicted molar refractivity (Wildman–Crippen MR) is 48.0 cm³/mol. The van der Waals surface area contributed by atoms with Gasteiger partial charge < -0.3 is 0 Å². The molecule has 0 aromatic carbocycles. The number of halogens is 4. The fourth-order valence-corrected chi connectivity index (χ4v) is 1.02. The molecule has 6 heteroatoms. The largest absolute Gasteiger partial charge is 0.413 e. The van der Waals surface area contributed by atoms with Gasteiger partial charge in [-0.15, -0.1) is 11.6 Å². The highest BCUT2D eigenvalue weighted by atomic mass is 35.5. The van der Waals surface area contributed by atoms with Gasteiger partial charge in [0.15, 0.2) is 10.7 Å². The highest BCUT2D eigenvalue weighted by Gasteiger charge is 2.56. The molecule has 0 aliphatic carbocycles. The molecule has 1 N–H and O–H groups in total. The van der Waals surface area contributed by atoms with Gasteiger partial charge in [0.1, 0.15) is 5.71 Å². The Bertz CT molecular complexity index is 251. The van der Waals surface area contributed by atoms with Gasteiger partial charge in [-0.25, -0.2) is 0 Å². The van der Waals surface area contributed by atoms with Crippen LogP contribution in [0.1, 0.15) is 26.7 Å². The Hall–Kier alpha value is -0.580. The molecule has 0 radical (unpaired) electrons. The van der Waals surface area contributed by atoms with Crippen molar-refractivity contribution in [2.24, 2.45) is 0 Å². The molecule has 0 spiro atoms. The lowest BCUT2D eigenvalue weighted by Crippen LogP contribution is -2.49. The van der Waals surface area contributed by atoms with Gasteiger partial charge in [0.05, 0.1) is 0 Å². The van der Waals surface area contributed by atoms with Crippen LogP contribution in [0.25, 0.3) is 0 Å². The summed E-state index contributed by atoms with van der Waals surface area (Å²) in [7, 11) is 0. The third kappa shape index (κ3) is 2.26. The Kier molecular flexibility index (Phi) is 4.12. The number of carbonyl (C=O) groups excluding carboxylic acids is 1. The summed E-state index contributed by atoms with van der Waals surface area (Å²) in [6, 6.07) is 0. The molecule has 14 heavy (non-hydrogen) atoms. The summed E-state index contributed by atoms with van der Waals surface area (Å²) >= 11 is 5.25. The van der Waals surface area contributed by atoms with Crippen LogP contribution in [0.4, 0.5) is 13.2 Å². The summed E-state index contributed by atoms with van der Waals surface area (Å²) in [5.41, 5.74) is -1.07. The van der Waals surface area contributed by atoms with Crippen LogP contribution >= 0.6 is 11.6 Å². The molecule has 0 bridgehead atoms. The number of hydrogen-bond donors (Lipinski definition) is 1. The molecule has 82 valence electrons. The average molecular weight is 230 g/mol. The van der Waals surface area contributed by atoms with Crippen molar-refractivity contribution in [3.8, 4) is 0 Å². The van der Waals surface area contributed by atoms with E-state index in [9.17, 15) is 18.0 Å². The Morgan fingerprint density at radius 3 is 2.00 bits per heavy atom. The maximum atomic E-state index is 12.4. The first-order valence-corrected chi connectivity index (χ1v) is 4.46. The van der Waals surface area contributed by atoms with Gasteiger partial charge in [0.25, 0.3) is 0 Å². The molecule has 0 rings (SSSR count). The van der Waals surface area contributed by atoms with Crippen LogP contribution in [0, 0.1) is 5.41 Å². The molecule has 1 unspecified atom stereocenters. The standard InChI is InChI=1S/C8H11ClF3NO/c1-3-5(14)6(13)7(9,4-2)8(10,11)12/h13H,3-4H2,1-2H3. The molecule has 0 fully saturated rings. The zero-order chi connectivity index (χ0) is 11.6. The zero-order valence-electron chi connectivity index (χ0n) is 7.83. The van der Waals surface area contributed by atoms with Gasteiger partial charge in [0, 0.05) is 6.42 Å². The summed E-state index contributed by atoms with van der Waals surface area (Å²) in [6.45, 7) is 2.58. The van der Waals surface area contributed by atoms with E-state index in [1.54, 1.807) is 0 Å². The van der Waals surface area contributed by atoms with Gasteiger partial charge >= 0.3 is 6.18 Å². The van der Waals surface area contributed by atoms with Crippen LogP contribution in [-0.4, -0.2) is 22.5 Å². The predicted octanol–water partition coefficient (Wildman–Crippen LogP) is 2.94. The second-order valence-electron chi connectivity index (χ2n) is 2.80. The maximum Gasteiger partial charge on any atom is 0.413 e. The van der Waals surface area contributed by atoms with Crippen molar-refractivity contribution >= 4 is 23.1 Å². The first kappa shape index (κ1) is 13.4. The van der Waals surface area contributed by atoms with Gasteiger partial charge in [-0.2, -0.15) is 13.2 Å². The lowest BCUT2D eigenvalue weighted by Gasteiger charge is -2.28. The number of nitrogens with one attached hydrogen (secondary N) is 1. The van der Waals surface area contributed by atoms with Gasteiger partial charge in [-0.1, -0.05) is 13.8 Å². The summed E-state index contributed by atoms with van der Waals surface area (Å²) in [5.74, 6) is -0.876. The molecule has 0 aromatic rings. The van der Waals surface area contributed by atoms with Crippen LogP contribution in [0.3, 0.4) is 0 Å². The van der Waals surface area contributed by atoms with E-state index < -0.39 is 29.0 Å². The van der Waals surface area contributed by atoms with Gasteiger partial charge in [-0.05, 0) is 6.42 Å².